The van der Waals surface area contributed by atoms with E-state index in [4.69, 9.17) is 75.8 Å². The number of esters is 2. The van der Waals surface area contributed by atoms with Crippen molar-refractivity contribution in [3.05, 3.63) is 203 Å². The number of fused-ring (bicyclic) bond motifs is 2. The minimum Gasteiger partial charge on any atom is -0.508 e. The second-order valence-electron chi connectivity index (χ2n) is 27.5. The fourth-order valence-electron chi connectivity index (χ4n) is 14.0. The second kappa shape index (κ2) is 31.2. The van der Waals surface area contributed by atoms with Crippen molar-refractivity contribution in [2.45, 2.75) is 63.2 Å². The Hall–Kier alpha value is -12.3. The molecule has 4 fully saturated rings. The van der Waals surface area contributed by atoms with Gasteiger partial charge in [0.2, 0.25) is 0 Å². The predicted octanol–water partition coefficient (Wildman–Crippen LogP) is 13.0. The molecule has 4 amide bonds. The molecule has 4 saturated heterocycles. The molecular weight excluding hydrogens is 1440 g/mol. The van der Waals surface area contributed by atoms with Crippen molar-refractivity contribution < 1.29 is 115 Å². The van der Waals surface area contributed by atoms with Crippen LogP contribution in [0.25, 0.3) is 43.1 Å². The summed E-state index contributed by atoms with van der Waals surface area (Å²) in [6.07, 6.45) is -1.12. The molecule has 0 aliphatic carbocycles. The van der Waals surface area contributed by atoms with E-state index in [0.29, 0.717) is 73.8 Å². The van der Waals surface area contributed by atoms with Gasteiger partial charge in [-0.05, 0) is 122 Å². The number of aromatic hydroxyl groups is 2. The van der Waals surface area contributed by atoms with Gasteiger partial charge in [-0.2, -0.15) is 0 Å². The SMILES string of the molecule is CCOCCOC(=O)C(Cc1ccc(O)cc1)N1C(=O)c2cc(Oc3cccc(OCC4CO4)c3)c3c4c(Oc5cccc(OCC6CO6)c5)cc5c6c(cc(Oc7cccc(OCC8CO8)c7)c(c7c(Oc8cccc(OCC9CO9)c8)cc(c2c37)C1=O)c64)C(=O)N(C(Cc1ccc(O)cc1)C(=O)OCCOCC)C5=O. The van der Waals surface area contributed by atoms with Crippen molar-refractivity contribution in [3.8, 4) is 80.5 Å². The average Bonchev–Trinajstić information content (AvgIpc) is 1.10. The molecule has 0 saturated carbocycles. The number of ether oxygens (including phenoxy) is 16. The van der Waals surface area contributed by atoms with E-state index in [-0.39, 0.29) is 213 Å². The van der Waals surface area contributed by atoms with Gasteiger partial charge in [0.25, 0.3) is 23.6 Å². The highest BCUT2D eigenvalue weighted by atomic mass is 16.6. The summed E-state index contributed by atoms with van der Waals surface area (Å²) < 4.78 is 99.2. The molecule has 6 aliphatic heterocycles. The van der Waals surface area contributed by atoms with Crippen LogP contribution < -0.4 is 37.9 Å². The number of hydrogen-bond acceptors (Lipinski definition) is 24. The zero-order chi connectivity index (χ0) is 76.7. The maximum Gasteiger partial charge on any atom is 0.329 e. The van der Waals surface area contributed by atoms with Gasteiger partial charge >= 0.3 is 11.9 Å². The van der Waals surface area contributed by atoms with E-state index in [0.717, 1.165) is 9.80 Å². The molecule has 26 heteroatoms. The van der Waals surface area contributed by atoms with Crippen molar-refractivity contribution in [1.29, 1.82) is 0 Å². The molecule has 112 heavy (non-hydrogen) atoms. The number of benzene rings is 11. The lowest BCUT2D eigenvalue weighted by Gasteiger charge is -2.35. The number of phenols is 2. The van der Waals surface area contributed by atoms with E-state index in [2.05, 4.69) is 0 Å². The van der Waals surface area contributed by atoms with Crippen LogP contribution in [0.4, 0.5) is 0 Å². The van der Waals surface area contributed by atoms with Crippen LogP contribution in [0.2, 0.25) is 0 Å². The van der Waals surface area contributed by atoms with E-state index in [1.807, 2.05) is 0 Å². The molecule has 11 aromatic carbocycles. The maximum absolute atomic E-state index is 16.6. The van der Waals surface area contributed by atoms with Crippen LogP contribution in [0.5, 0.6) is 80.5 Å². The highest BCUT2D eigenvalue weighted by molar-refractivity contribution is 6.45. The van der Waals surface area contributed by atoms with Crippen molar-refractivity contribution in [1.82, 2.24) is 9.80 Å². The zero-order valence-corrected chi connectivity index (χ0v) is 60.7. The van der Waals surface area contributed by atoms with Gasteiger partial charge in [-0.15, -0.1) is 0 Å². The normalized spacial score (nSPS) is 17.7. The predicted molar refractivity (Wildman–Crippen MR) is 402 cm³/mol. The quantitative estimate of drug-likeness (QED) is 0.00920. The first-order valence-corrected chi connectivity index (χ1v) is 36.9. The molecule has 17 rings (SSSR count). The van der Waals surface area contributed by atoms with Crippen LogP contribution in [0.3, 0.4) is 0 Å². The van der Waals surface area contributed by atoms with Crippen LogP contribution in [0, 0.1) is 0 Å². The van der Waals surface area contributed by atoms with E-state index in [1.165, 1.54) is 48.5 Å². The monoisotopic (exact) mass is 1520 g/mol. The molecular formula is C86H74N2O24. The summed E-state index contributed by atoms with van der Waals surface area (Å²) in [5, 5.41) is 21.8. The van der Waals surface area contributed by atoms with Gasteiger partial charge in [0.05, 0.1) is 61.9 Å². The smallest absolute Gasteiger partial charge is 0.329 e. The Labute approximate surface area is 639 Å². The topological polar surface area (TPSA) is 310 Å². The molecule has 6 atom stereocenters. The summed E-state index contributed by atoms with van der Waals surface area (Å²) in [5.74, 6) is -3.93. The van der Waals surface area contributed by atoms with Crippen LogP contribution in [-0.2, 0) is 60.3 Å². The lowest BCUT2D eigenvalue weighted by atomic mass is 9.80. The second-order valence-corrected chi connectivity index (χ2v) is 27.5. The maximum atomic E-state index is 16.6. The molecule has 0 radical (unpaired) electrons. The number of carbonyl (C=O) groups excluding carboxylic acids is 6. The van der Waals surface area contributed by atoms with Crippen LogP contribution in [0.1, 0.15) is 66.4 Å². The van der Waals surface area contributed by atoms with Gasteiger partial charge in [-0.3, -0.25) is 29.0 Å². The number of rotatable bonds is 36. The van der Waals surface area contributed by atoms with E-state index >= 15 is 28.8 Å². The lowest BCUT2D eigenvalue weighted by molar-refractivity contribution is -0.150. The Morgan fingerprint density at radius 2 is 0.634 bits per heavy atom. The molecule has 0 bridgehead atoms. The van der Waals surface area contributed by atoms with Gasteiger partial charge in [-0.1, -0.05) is 48.5 Å². The minimum absolute atomic E-state index is 0.00275. The van der Waals surface area contributed by atoms with Gasteiger partial charge < -0.3 is 86.0 Å². The molecule has 0 aromatic heterocycles. The average molecular weight is 1520 g/mol. The molecule has 0 spiro atoms. The largest absolute Gasteiger partial charge is 0.508 e. The summed E-state index contributed by atoms with van der Waals surface area (Å²) >= 11 is 0. The summed E-state index contributed by atoms with van der Waals surface area (Å²) in [7, 11) is 0. The number of imide groups is 2. The molecule has 6 heterocycles. The number of epoxide rings is 4. The van der Waals surface area contributed by atoms with E-state index in [1.54, 1.807) is 135 Å². The van der Waals surface area contributed by atoms with Crippen molar-refractivity contribution in [2.24, 2.45) is 0 Å². The lowest BCUT2D eigenvalue weighted by Crippen LogP contribution is -2.52. The summed E-state index contributed by atoms with van der Waals surface area (Å²) in [5.41, 5.74) is 0.312. The van der Waals surface area contributed by atoms with Crippen LogP contribution in [-0.4, -0.2) is 185 Å². The molecule has 6 unspecified atom stereocenters. The molecule has 2 N–H and O–H groups in total. The first-order valence-electron chi connectivity index (χ1n) is 36.9. The molecule has 11 aromatic rings. The van der Waals surface area contributed by atoms with E-state index in [9.17, 15) is 10.2 Å². The third-order valence-corrected chi connectivity index (χ3v) is 19.7. The Bertz CT molecular complexity index is 4890. The highest BCUT2D eigenvalue weighted by Gasteiger charge is 2.47. The number of nitrogens with zero attached hydrogens (tertiary/aromatic N) is 2. The van der Waals surface area contributed by atoms with E-state index < -0.39 is 47.7 Å². The third-order valence-electron chi connectivity index (χ3n) is 19.7. The summed E-state index contributed by atoms with van der Waals surface area (Å²) in [6, 6.07) is 41.6. The summed E-state index contributed by atoms with van der Waals surface area (Å²) in [4.78, 5) is 98.2. The molecule has 26 nitrogen and oxygen atoms in total. The van der Waals surface area contributed by atoms with Gasteiger partial charge in [0.15, 0.2) is 0 Å². The number of carbonyl (C=O) groups is 6. The van der Waals surface area contributed by atoms with Crippen molar-refractivity contribution in [2.75, 3.05) is 92.5 Å². The number of amides is 4. The Morgan fingerprint density at radius 3 is 0.893 bits per heavy atom. The first kappa shape index (κ1) is 72.6. The van der Waals surface area contributed by atoms with Crippen molar-refractivity contribution in [3.63, 3.8) is 0 Å². The minimum atomic E-state index is -1.67. The van der Waals surface area contributed by atoms with Crippen molar-refractivity contribution >= 4 is 78.7 Å². The first-order chi connectivity index (χ1) is 54.7. The Morgan fingerprint density at radius 1 is 0.366 bits per heavy atom. The van der Waals surface area contributed by atoms with Crippen LogP contribution >= 0.6 is 0 Å². The van der Waals surface area contributed by atoms with Gasteiger partial charge in [-0.25, -0.2) is 9.59 Å². The standard InChI is InChI=1S/C86H74N2O24/c1-3-97-25-27-99-85(95)67(29-47-17-21-49(89)22-18-47)87-81(91)63-35-69(109-55-13-5-9-51(31-55)101-39-59-43-105-59)75-77-71(111-57-15-7-11-53(33-57)103-41-61-45-107-61)37-65-74-66(84(94)88(83(65)93)68(86(96)100-28-26-98-4-2)30-48-19-23-50(90)24-20-48)38-72(112-58-16-8-12-54(34-58)104-42-62-46-108-62)78(80(74)77)76-70(36-64(82(87)92)73(63)79(75)76)110-56-14-6-10-52(32-56)102-40-60-44-106-60/h5-24,31-38,59-62,67-68,89-90H,3-4,25-30,39-46H2,1-2H3. The highest BCUT2D eigenvalue weighted by Crippen LogP contribution is 2.59. The number of phenolic OH excluding ortho intramolecular Hbond substituents is 2. The third kappa shape index (κ3) is 15.4. The van der Waals surface area contributed by atoms with Gasteiger partial charge in [0, 0.05) is 93.4 Å². The fourth-order valence-corrected chi connectivity index (χ4v) is 14.0. The molecule has 572 valence electrons. The molecule has 6 aliphatic rings. The van der Waals surface area contributed by atoms with Crippen LogP contribution in [0.15, 0.2) is 170 Å². The zero-order valence-electron chi connectivity index (χ0n) is 60.7. The fraction of sp³-hybridized carbons (Fsp3) is 0.279. The summed E-state index contributed by atoms with van der Waals surface area (Å²) in [6.45, 7) is 6.60. The Balaban J connectivity index is 0.982. The number of hydrogen-bond donors (Lipinski definition) is 2. The van der Waals surface area contributed by atoms with Gasteiger partial charge in [0.1, 0.15) is 157 Å². The Kier molecular flexibility index (Phi) is 20.2.